The van der Waals surface area contributed by atoms with Crippen molar-refractivity contribution in [2.24, 2.45) is 45.3 Å². The monoisotopic (exact) mass is 476 g/mol. The predicted octanol–water partition coefficient (Wildman–Crippen LogP) is 5.47. The summed E-state index contributed by atoms with van der Waals surface area (Å²) in [5.74, 6) is 0.442. The number of aliphatic hydroxyl groups is 4. The molecule has 4 aliphatic rings. The summed E-state index contributed by atoms with van der Waals surface area (Å²) in [6.45, 7) is 17.5. The van der Waals surface area contributed by atoms with Gasteiger partial charge in [0.1, 0.15) is 0 Å². The predicted molar refractivity (Wildman–Crippen MR) is 137 cm³/mol. The lowest BCUT2D eigenvalue weighted by molar-refractivity contribution is -0.274. The number of hydrogen-bond donors (Lipinski definition) is 4. The first-order valence-electron chi connectivity index (χ1n) is 13.9. The van der Waals surface area contributed by atoms with Gasteiger partial charge in [-0.15, -0.1) is 0 Å². The fraction of sp³-hybridized carbons (Fsp3) is 0.933. The molecule has 4 nitrogen and oxygen atoms in total. The molecule has 34 heavy (non-hydrogen) atoms. The normalized spacial score (nSPS) is 51.6. The summed E-state index contributed by atoms with van der Waals surface area (Å²) in [6.07, 6.45) is 7.54. The van der Waals surface area contributed by atoms with Crippen LogP contribution in [0.2, 0.25) is 0 Å². The van der Waals surface area contributed by atoms with Crippen LogP contribution < -0.4 is 0 Å². The van der Waals surface area contributed by atoms with Gasteiger partial charge in [-0.05, 0) is 117 Å². The fourth-order valence-electron chi connectivity index (χ4n) is 10.5. The molecule has 0 spiro atoms. The zero-order valence-electron chi connectivity index (χ0n) is 23.1. The first-order valence-corrected chi connectivity index (χ1v) is 13.9. The van der Waals surface area contributed by atoms with Gasteiger partial charge in [-0.3, -0.25) is 0 Å². The molecule has 2 unspecified atom stereocenters. The molecule has 0 heterocycles. The highest BCUT2D eigenvalue weighted by molar-refractivity contribution is 5.21. The summed E-state index contributed by atoms with van der Waals surface area (Å²) in [4.78, 5) is 0. The van der Waals surface area contributed by atoms with E-state index in [0.717, 1.165) is 51.4 Å². The summed E-state index contributed by atoms with van der Waals surface area (Å²) >= 11 is 0. The van der Waals surface area contributed by atoms with E-state index in [1.54, 1.807) is 0 Å². The Morgan fingerprint density at radius 3 is 2.21 bits per heavy atom. The molecule has 0 saturated heterocycles. The van der Waals surface area contributed by atoms with Crippen LogP contribution in [0.25, 0.3) is 0 Å². The lowest BCUT2D eigenvalue weighted by Crippen LogP contribution is -2.69. The van der Waals surface area contributed by atoms with Gasteiger partial charge in [0.25, 0.3) is 0 Å². The van der Waals surface area contributed by atoms with Crippen LogP contribution in [-0.2, 0) is 0 Å². The standard InChI is InChI=1S/C30H52O4/c1-18(2)10-9-13-30(8,34)19-11-15-28(6)24(19)20(31)16-22-27(5)14-12-23(33)26(3,4)25(27)21(32)17-29(22,28)7/h10,19-25,31-34H,9,11-17H2,1-8H3/t19-,20+,21-,22?,23-,24-,25?,27+,28+,29+,30+/m0/s1. The van der Waals surface area contributed by atoms with Gasteiger partial charge in [0.15, 0.2) is 0 Å². The van der Waals surface area contributed by atoms with Crippen LogP contribution in [0.4, 0.5) is 0 Å². The fourth-order valence-corrected chi connectivity index (χ4v) is 10.5. The molecule has 4 rings (SSSR count). The van der Waals surface area contributed by atoms with Crippen LogP contribution in [0, 0.1) is 45.3 Å². The van der Waals surface area contributed by atoms with Crippen molar-refractivity contribution in [1.82, 2.24) is 0 Å². The molecule has 11 atom stereocenters. The van der Waals surface area contributed by atoms with E-state index in [4.69, 9.17) is 0 Å². The highest BCUT2D eigenvalue weighted by atomic mass is 16.3. The van der Waals surface area contributed by atoms with Crippen molar-refractivity contribution in [3.63, 3.8) is 0 Å². The van der Waals surface area contributed by atoms with E-state index in [0.29, 0.717) is 5.92 Å². The summed E-state index contributed by atoms with van der Waals surface area (Å²) in [5, 5.41) is 46.0. The number of fused-ring (bicyclic) bond motifs is 5. The first kappa shape index (κ1) is 26.6. The van der Waals surface area contributed by atoms with Crippen molar-refractivity contribution in [3.05, 3.63) is 11.6 Å². The first-order chi connectivity index (χ1) is 15.5. The molecule has 4 aliphatic carbocycles. The van der Waals surface area contributed by atoms with Gasteiger partial charge < -0.3 is 20.4 Å². The third kappa shape index (κ3) is 3.60. The molecule has 0 amide bonds. The Morgan fingerprint density at radius 1 is 0.941 bits per heavy atom. The van der Waals surface area contributed by atoms with Gasteiger partial charge >= 0.3 is 0 Å². The molecule has 0 aliphatic heterocycles. The van der Waals surface area contributed by atoms with Gasteiger partial charge in [0.2, 0.25) is 0 Å². The molecule has 0 aromatic rings. The zero-order chi connectivity index (χ0) is 25.5. The molecule has 0 aromatic carbocycles. The topological polar surface area (TPSA) is 80.9 Å². The third-order valence-electron chi connectivity index (χ3n) is 12.3. The van der Waals surface area contributed by atoms with Crippen LogP contribution in [0.3, 0.4) is 0 Å². The van der Waals surface area contributed by atoms with Crippen LogP contribution >= 0.6 is 0 Å². The van der Waals surface area contributed by atoms with E-state index in [-0.39, 0.29) is 39.4 Å². The molecular formula is C30H52O4. The van der Waals surface area contributed by atoms with Crippen LogP contribution in [0.15, 0.2) is 11.6 Å². The van der Waals surface area contributed by atoms with E-state index >= 15 is 0 Å². The molecule has 4 saturated carbocycles. The van der Waals surface area contributed by atoms with E-state index < -0.39 is 23.9 Å². The number of hydrogen-bond acceptors (Lipinski definition) is 4. The maximum absolute atomic E-state index is 11.8. The summed E-state index contributed by atoms with van der Waals surface area (Å²) < 4.78 is 0. The lowest BCUT2D eigenvalue weighted by Gasteiger charge is -2.71. The summed E-state index contributed by atoms with van der Waals surface area (Å²) in [5.41, 5.74) is -0.230. The summed E-state index contributed by atoms with van der Waals surface area (Å²) in [6, 6.07) is 0. The van der Waals surface area contributed by atoms with Crippen molar-refractivity contribution < 1.29 is 20.4 Å². The molecule has 0 radical (unpaired) electrons. The van der Waals surface area contributed by atoms with E-state index in [9.17, 15) is 20.4 Å². The molecular weight excluding hydrogens is 424 g/mol. The second-order valence-electron chi connectivity index (χ2n) is 14.7. The van der Waals surface area contributed by atoms with Crippen molar-refractivity contribution >= 4 is 0 Å². The quantitative estimate of drug-likeness (QED) is 0.406. The molecule has 196 valence electrons. The SMILES string of the molecule is CC(C)=CCC[C@@](C)(O)[C@H]1CC[C@]2(C)[C@@H]1[C@H](O)CC1[C@@]3(C)CC[C@H](O)C(C)(C)C3[C@@H](O)C[C@]12C. The van der Waals surface area contributed by atoms with Gasteiger partial charge in [-0.1, -0.05) is 46.3 Å². The van der Waals surface area contributed by atoms with E-state index in [1.165, 1.54) is 5.57 Å². The molecule has 4 fully saturated rings. The Kier molecular flexibility index (Phi) is 6.50. The van der Waals surface area contributed by atoms with Crippen LogP contribution in [0.5, 0.6) is 0 Å². The van der Waals surface area contributed by atoms with E-state index in [2.05, 4.69) is 54.5 Å². The van der Waals surface area contributed by atoms with Crippen molar-refractivity contribution in [2.75, 3.05) is 0 Å². The Bertz CT molecular complexity index is 813. The van der Waals surface area contributed by atoms with Gasteiger partial charge in [0.05, 0.1) is 23.9 Å². The molecule has 4 heteroatoms. The minimum Gasteiger partial charge on any atom is -0.393 e. The minimum absolute atomic E-state index is 0.0264. The zero-order valence-corrected chi connectivity index (χ0v) is 23.1. The molecule has 0 aromatic heterocycles. The van der Waals surface area contributed by atoms with Crippen LogP contribution in [-0.4, -0.2) is 44.3 Å². The highest BCUT2D eigenvalue weighted by Gasteiger charge is 2.72. The number of aliphatic hydroxyl groups excluding tert-OH is 3. The Balaban J connectivity index is 1.70. The average Bonchev–Trinajstić information content (AvgIpc) is 3.07. The van der Waals surface area contributed by atoms with Crippen molar-refractivity contribution in [1.29, 1.82) is 0 Å². The van der Waals surface area contributed by atoms with Crippen molar-refractivity contribution in [2.45, 2.75) is 131 Å². The lowest BCUT2D eigenvalue weighted by atomic mass is 9.34. The van der Waals surface area contributed by atoms with Crippen molar-refractivity contribution in [3.8, 4) is 0 Å². The van der Waals surface area contributed by atoms with Gasteiger partial charge in [-0.2, -0.15) is 0 Å². The molecule has 0 bridgehead atoms. The van der Waals surface area contributed by atoms with Gasteiger partial charge in [-0.25, -0.2) is 0 Å². The second-order valence-corrected chi connectivity index (χ2v) is 14.7. The maximum Gasteiger partial charge on any atom is 0.0654 e. The Hall–Kier alpha value is -0.420. The number of rotatable bonds is 4. The second kappa shape index (κ2) is 8.30. The largest absolute Gasteiger partial charge is 0.393 e. The highest BCUT2D eigenvalue weighted by Crippen LogP contribution is 2.75. The Labute approximate surface area is 208 Å². The average molecular weight is 477 g/mol. The number of allylic oxidation sites excluding steroid dienone is 2. The Morgan fingerprint density at radius 2 is 1.59 bits per heavy atom. The van der Waals surface area contributed by atoms with E-state index in [1.807, 2.05) is 6.92 Å². The molecule has 4 N–H and O–H groups in total. The van der Waals surface area contributed by atoms with Crippen LogP contribution in [0.1, 0.15) is 107 Å². The van der Waals surface area contributed by atoms with Gasteiger partial charge in [0, 0.05) is 0 Å². The maximum atomic E-state index is 11.8. The third-order valence-corrected chi connectivity index (χ3v) is 12.3. The minimum atomic E-state index is -0.810. The smallest absolute Gasteiger partial charge is 0.0654 e. The summed E-state index contributed by atoms with van der Waals surface area (Å²) in [7, 11) is 0.